The number of nitrogens with zero attached hydrogens (tertiary/aromatic N) is 4. The van der Waals surface area contributed by atoms with Crippen LogP contribution in [-0.4, -0.2) is 63.5 Å². The summed E-state index contributed by atoms with van der Waals surface area (Å²) in [5, 5.41) is 4.49. The maximum absolute atomic E-state index is 12.6. The van der Waals surface area contributed by atoms with E-state index in [2.05, 4.69) is 10.00 Å². The van der Waals surface area contributed by atoms with Gasteiger partial charge in [0.25, 0.3) is 0 Å². The monoisotopic (exact) mass is 346 g/mol. The molecule has 0 N–H and O–H groups in total. The van der Waals surface area contributed by atoms with Gasteiger partial charge in [0.1, 0.15) is 0 Å². The average Bonchev–Trinajstić information content (AvgIpc) is 2.81. The Morgan fingerprint density at radius 1 is 1.16 bits per heavy atom. The van der Waals surface area contributed by atoms with E-state index in [1.807, 2.05) is 30.4 Å². The molecule has 2 fully saturated rings. The summed E-state index contributed by atoms with van der Waals surface area (Å²) >= 11 is 0. The number of carbonyl (C=O) groups is 2. The van der Waals surface area contributed by atoms with Gasteiger partial charge in [0.2, 0.25) is 5.91 Å². The lowest BCUT2D eigenvalue weighted by Gasteiger charge is -2.47. The minimum absolute atomic E-state index is 0.0339. The van der Waals surface area contributed by atoms with Gasteiger partial charge in [-0.3, -0.25) is 19.2 Å². The Bertz CT molecular complexity index is 655. The van der Waals surface area contributed by atoms with Gasteiger partial charge in [0.15, 0.2) is 5.78 Å². The summed E-state index contributed by atoms with van der Waals surface area (Å²) in [6, 6.07) is 0.519. The van der Waals surface area contributed by atoms with Crippen molar-refractivity contribution in [2.75, 3.05) is 26.2 Å². The van der Waals surface area contributed by atoms with Crippen molar-refractivity contribution in [3.05, 3.63) is 17.0 Å². The summed E-state index contributed by atoms with van der Waals surface area (Å²) in [5.41, 5.74) is 2.30. The first-order chi connectivity index (χ1) is 11.9. The third kappa shape index (κ3) is 3.64. The zero-order valence-corrected chi connectivity index (χ0v) is 15.9. The van der Waals surface area contributed by atoms with E-state index >= 15 is 0 Å². The van der Waals surface area contributed by atoms with Crippen molar-refractivity contribution >= 4 is 11.7 Å². The number of aromatic nitrogens is 2. The Kier molecular flexibility index (Phi) is 5.27. The fourth-order valence-electron chi connectivity index (χ4n) is 4.24. The molecule has 2 aliphatic rings. The van der Waals surface area contributed by atoms with Gasteiger partial charge in [-0.2, -0.15) is 5.10 Å². The van der Waals surface area contributed by atoms with Crippen LogP contribution >= 0.6 is 0 Å². The highest BCUT2D eigenvalue weighted by Gasteiger charge is 2.35. The number of aryl methyl sites for hydroxylation is 1. The summed E-state index contributed by atoms with van der Waals surface area (Å²) in [6.45, 7) is 11.4. The second kappa shape index (κ2) is 7.28. The molecule has 2 aliphatic heterocycles. The highest BCUT2D eigenvalue weighted by molar-refractivity contribution is 5.96. The van der Waals surface area contributed by atoms with Crippen LogP contribution in [0, 0.1) is 13.8 Å². The van der Waals surface area contributed by atoms with E-state index in [1.165, 1.54) is 32.4 Å². The van der Waals surface area contributed by atoms with E-state index in [0.717, 1.165) is 24.5 Å². The largest absolute Gasteiger partial charge is 0.339 e. The van der Waals surface area contributed by atoms with E-state index in [1.54, 1.807) is 6.92 Å². The third-order valence-electron chi connectivity index (χ3n) is 5.69. The van der Waals surface area contributed by atoms with Crippen LogP contribution in [0.4, 0.5) is 0 Å². The molecule has 25 heavy (non-hydrogen) atoms. The predicted molar refractivity (Wildman–Crippen MR) is 96.8 cm³/mol. The number of rotatable bonds is 5. The van der Waals surface area contributed by atoms with Crippen LogP contribution in [0.5, 0.6) is 0 Å². The maximum Gasteiger partial charge on any atom is 0.224 e. The molecule has 2 saturated heterocycles. The number of hydrogen-bond donors (Lipinski definition) is 0. The molecule has 6 heteroatoms. The Morgan fingerprint density at radius 2 is 1.80 bits per heavy atom. The van der Waals surface area contributed by atoms with E-state index in [4.69, 9.17) is 0 Å². The van der Waals surface area contributed by atoms with Crippen molar-refractivity contribution in [2.24, 2.45) is 0 Å². The third-order valence-corrected chi connectivity index (χ3v) is 5.69. The molecule has 0 bridgehead atoms. The molecule has 1 amide bonds. The smallest absolute Gasteiger partial charge is 0.224 e. The van der Waals surface area contributed by atoms with Crippen LogP contribution in [0.15, 0.2) is 0 Å². The van der Waals surface area contributed by atoms with Crippen molar-refractivity contribution in [3.63, 3.8) is 0 Å². The zero-order chi connectivity index (χ0) is 18.1. The molecule has 0 aromatic carbocycles. The van der Waals surface area contributed by atoms with Crippen LogP contribution in [0.3, 0.4) is 0 Å². The van der Waals surface area contributed by atoms with Crippen LogP contribution in [0.1, 0.15) is 67.3 Å². The molecule has 0 unspecified atom stereocenters. The van der Waals surface area contributed by atoms with Gasteiger partial charge in [-0.25, -0.2) is 0 Å². The first-order valence-electron chi connectivity index (χ1n) is 9.47. The Morgan fingerprint density at radius 3 is 2.36 bits per heavy atom. The van der Waals surface area contributed by atoms with Gasteiger partial charge in [0.05, 0.1) is 17.3 Å². The highest BCUT2D eigenvalue weighted by atomic mass is 16.2. The van der Waals surface area contributed by atoms with Crippen LogP contribution in [0.25, 0.3) is 0 Å². The van der Waals surface area contributed by atoms with Gasteiger partial charge in [0, 0.05) is 31.2 Å². The predicted octanol–water partition coefficient (Wildman–Crippen LogP) is 2.35. The van der Waals surface area contributed by atoms with Crippen molar-refractivity contribution < 1.29 is 9.59 Å². The van der Waals surface area contributed by atoms with Crippen molar-refractivity contribution in [1.29, 1.82) is 0 Å². The first kappa shape index (κ1) is 18.1. The van der Waals surface area contributed by atoms with E-state index in [-0.39, 0.29) is 17.7 Å². The molecule has 3 rings (SSSR count). The lowest BCUT2D eigenvalue weighted by atomic mass is 10.0. The molecular formula is C19H30N4O2. The summed E-state index contributed by atoms with van der Waals surface area (Å²) in [6.07, 6.45) is 4.36. The SMILES string of the molecule is CC(=O)c1c(C)nn([C@@H](C)CC(=O)N2CC(N3CCCCC3)C2)c1C. The Labute approximate surface area is 150 Å². The highest BCUT2D eigenvalue weighted by Crippen LogP contribution is 2.24. The normalized spacial score (nSPS) is 20.4. The molecule has 0 aliphatic carbocycles. The van der Waals surface area contributed by atoms with Gasteiger partial charge < -0.3 is 4.90 Å². The number of likely N-dealkylation sites (tertiary alicyclic amines) is 2. The van der Waals surface area contributed by atoms with E-state index in [9.17, 15) is 9.59 Å². The van der Waals surface area contributed by atoms with Crippen LogP contribution in [0.2, 0.25) is 0 Å². The van der Waals surface area contributed by atoms with Crippen molar-refractivity contribution in [2.45, 2.75) is 65.5 Å². The second-order valence-electron chi connectivity index (χ2n) is 7.65. The quantitative estimate of drug-likeness (QED) is 0.768. The standard InChI is InChI=1S/C19H30N4O2/c1-13(23-15(3)19(16(4)24)14(2)20-23)10-18(25)22-11-17(12-22)21-8-6-5-7-9-21/h13,17H,5-12H2,1-4H3/t13-/m0/s1. The summed E-state index contributed by atoms with van der Waals surface area (Å²) in [7, 11) is 0. The van der Waals surface area contributed by atoms with Gasteiger partial charge in [-0.05, 0) is 53.6 Å². The number of amides is 1. The van der Waals surface area contributed by atoms with Gasteiger partial charge in [-0.15, -0.1) is 0 Å². The maximum atomic E-state index is 12.6. The molecule has 1 aromatic heterocycles. The topological polar surface area (TPSA) is 58.4 Å². The minimum Gasteiger partial charge on any atom is -0.339 e. The average molecular weight is 346 g/mol. The number of Topliss-reactive ketones (excluding diaryl/α,β-unsaturated/α-hetero) is 1. The second-order valence-corrected chi connectivity index (χ2v) is 7.65. The molecule has 3 heterocycles. The number of carbonyl (C=O) groups excluding carboxylic acids is 2. The molecule has 1 aromatic rings. The van der Waals surface area contributed by atoms with Gasteiger partial charge in [-0.1, -0.05) is 6.42 Å². The number of ketones is 1. The Balaban J connectivity index is 1.55. The molecule has 0 radical (unpaired) electrons. The summed E-state index contributed by atoms with van der Waals surface area (Å²) in [4.78, 5) is 28.8. The Hall–Kier alpha value is -1.69. The molecule has 0 spiro atoms. The minimum atomic E-state index is -0.0339. The van der Waals surface area contributed by atoms with Crippen LogP contribution in [-0.2, 0) is 4.79 Å². The number of hydrogen-bond acceptors (Lipinski definition) is 4. The molecule has 138 valence electrons. The fraction of sp³-hybridized carbons (Fsp3) is 0.737. The van der Waals surface area contributed by atoms with E-state index < -0.39 is 0 Å². The number of piperidine rings is 1. The molecule has 0 saturated carbocycles. The van der Waals surface area contributed by atoms with E-state index in [0.29, 0.717) is 18.0 Å². The lowest BCUT2D eigenvalue weighted by Crippen LogP contribution is -2.61. The zero-order valence-electron chi connectivity index (χ0n) is 15.9. The lowest BCUT2D eigenvalue weighted by molar-refractivity contribution is -0.139. The van der Waals surface area contributed by atoms with Gasteiger partial charge >= 0.3 is 0 Å². The summed E-state index contributed by atoms with van der Waals surface area (Å²) in [5.74, 6) is 0.226. The van der Waals surface area contributed by atoms with Crippen molar-refractivity contribution in [3.8, 4) is 0 Å². The summed E-state index contributed by atoms with van der Waals surface area (Å²) < 4.78 is 1.84. The fourth-order valence-corrected chi connectivity index (χ4v) is 4.24. The van der Waals surface area contributed by atoms with Crippen molar-refractivity contribution in [1.82, 2.24) is 19.6 Å². The van der Waals surface area contributed by atoms with Crippen LogP contribution < -0.4 is 0 Å². The molecule has 6 nitrogen and oxygen atoms in total. The first-order valence-corrected chi connectivity index (χ1v) is 9.47. The molecular weight excluding hydrogens is 316 g/mol. The molecule has 1 atom stereocenters.